The highest BCUT2D eigenvalue weighted by atomic mass is 16.5. The molecular weight excluding hydrogens is 281 g/mol. The predicted molar refractivity (Wildman–Crippen MR) is 90.7 cm³/mol. The lowest BCUT2D eigenvalue weighted by Gasteiger charge is -2.40. The minimum atomic E-state index is -0.496. The predicted octanol–water partition coefficient (Wildman–Crippen LogP) is 2.21. The molecule has 22 heavy (non-hydrogen) atoms. The van der Waals surface area contributed by atoms with Gasteiger partial charge in [-0.1, -0.05) is 0 Å². The molecule has 0 aliphatic heterocycles. The van der Waals surface area contributed by atoms with Crippen LogP contribution in [0.15, 0.2) is 12.1 Å². The van der Waals surface area contributed by atoms with E-state index in [9.17, 15) is 0 Å². The van der Waals surface area contributed by atoms with Crippen LogP contribution in [0.4, 0.5) is 5.69 Å². The first-order valence-corrected chi connectivity index (χ1v) is 7.22. The Kier molecular flexibility index (Phi) is 6.14. The van der Waals surface area contributed by atoms with E-state index in [1.165, 1.54) is 0 Å². The van der Waals surface area contributed by atoms with Crippen LogP contribution in [0.1, 0.15) is 27.7 Å². The molecule has 123 valence electrons. The van der Waals surface area contributed by atoms with E-state index < -0.39 is 11.2 Å². The first-order valence-electron chi connectivity index (χ1n) is 7.22. The molecule has 0 fully saturated rings. The summed E-state index contributed by atoms with van der Waals surface area (Å²) in [5.74, 6) is 1.39. The van der Waals surface area contributed by atoms with E-state index in [1.54, 1.807) is 28.8 Å². The van der Waals surface area contributed by atoms with E-state index in [1.807, 2.05) is 46.9 Å². The Morgan fingerprint density at radius 3 is 1.77 bits per heavy atom. The lowest BCUT2D eigenvalue weighted by molar-refractivity contribution is -0.114. The second kappa shape index (κ2) is 7.25. The number of ether oxygens (including phenoxy) is 3. The van der Waals surface area contributed by atoms with Gasteiger partial charge in [-0.3, -0.25) is 0 Å². The molecule has 1 rings (SSSR count). The Hall–Kier alpha value is -1.40. The Labute approximate surface area is 134 Å². The highest BCUT2D eigenvalue weighted by Gasteiger charge is 2.38. The summed E-state index contributed by atoms with van der Waals surface area (Å²) in [7, 11) is 8.45. The second-order valence-electron chi connectivity index (χ2n) is 6.01. The molecule has 5 nitrogen and oxygen atoms in total. The van der Waals surface area contributed by atoms with Gasteiger partial charge in [0.1, 0.15) is 17.2 Å². The number of hydrogen-bond acceptors (Lipinski definition) is 5. The van der Waals surface area contributed by atoms with Gasteiger partial charge in [0.2, 0.25) is 0 Å². The van der Waals surface area contributed by atoms with E-state index in [0.29, 0.717) is 11.5 Å². The summed E-state index contributed by atoms with van der Waals surface area (Å²) in [5.41, 5.74) is 0.734. The van der Waals surface area contributed by atoms with Gasteiger partial charge in [-0.15, -0.1) is 0 Å². The van der Waals surface area contributed by atoms with Gasteiger partial charge in [0.25, 0.3) is 0 Å². The third kappa shape index (κ3) is 3.87. The normalized spacial score (nSPS) is 12.0. The average Bonchev–Trinajstić information content (AvgIpc) is 2.51. The lowest BCUT2D eigenvalue weighted by Crippen LogP contribution is -2.50. The Bertz CT molecular complexity index is 478. The van der Waals surface area contributed by atoms with Gasteiger partial charge >= 0.3 is 7.48 Å². The molecule has 0 aromatic heterocycles. The minimum Gasteiger partial charge on any atom is -0.494 e. The Morgan fingerprint density at radius 2 is 1.41 bits per heavy atom. The number of hydrogen-bond donors (Lipinski definition) is 1. The van der Waals surface area contributed by atoms with Gasteiger partial charge in [-0.2, -0.15) is 0 Å². The number of anilines is 1. The fraction of sp³-hybridized carbons (Fsp3) is 0.625. The molecule has 1 N–H and O–H groups in total. The van der Waals surface area contributed by atoms with Gasteiger partial charge in [-0.25, -0.2) is 0 Å². The van der Waals surface area contributed by atoms with Crippen LogP contribution in [-0.2, 0) is 9.39 Å². The summed E-state index contributed by atoms with van der Waals surface area (Å²) in [4.78, 5) is 0. The molecule has 0 aliphatic carbocycles. The summed E-state index contributed by atoms with van der Waals surface area (Å²) in [6.45, 7) is 7.96. The van der Waals surface area contributed by atoms with Crippen molar-refractivity contribution in [3.63, 3.8) is 0 Å². The average molecular weight is 308 g/mol. The van der Waals surface area contributed by atoms with Crippen molar-refractivity contribution in [1.29, 1.82) is 0 Å². The van der Waals surface area contributed by atoms with Crippen LogP contribution in [0, 0.1) is 0 Å². The van der Waals surface area contributed by atoms with Crippen LogP contribution in [0.5, 0.6) is 11.5 Å². The fourth-order valence-electron chi connectivity index (χ4n) is 1.85. The van der Waals surface area contributed by atoms with E-state index in [-0.39, 0.29) is 0 Å². The number of methoxy groups -OCH3 is 3. The monoisotopic (exact) mass is 308 g/mol. The third-order valence-corrected chi connectivity index (χ3v) is 4.23. The quantitative estimate of drug-likeness (QED) is 0.746. The van der Waals surface area contributed by atoms with E-state index >= 15 is 0 Å². The van der Waals surface area contributed by atoms with Crippen molar-refractivity contribution >= 4 is 18.6 Å². The summed E-state index contributed by atoms with van der Waals surface area (Å²) in [6, 6.07) is 3.79. The molecule has 0 saturated carbocycles. The van der Waals surface area contributed by atoms with E-state index in [0.717, 1.165) is 11.2 Å². The zero-order valence-electron chi connectivity index (χ0n) is 14.9. The zero-order valence-corrected chi connectivity index (χ0v) is 14.9. The largest absolute Gasteiger partial charge is 0.494 e. The molecule has 0 heterocycles. The maximum absolute atomic E-state index is 5.96. The molecular formula is C16H27BNO4. The van der Waals surface area contributed by atoms with Gasteiger partial charge < -0.3 is 24.2 Å². The topological polar surface area (TPSA) is 49.0 Å². The van der Waals surface area contributed by atoms with Crippen LogP contribution >= 0.6 is 0 Å². The molecule has 0 saturated heterocycles. The molecule has 0 amide bonds. The second-order valence-corrected chi connectivity index (χ2v) is 6.01. The highest BCUT2D eigenvalue weighted by molar-refractivity contribution is 6.47. The molecule has 0 spiro atoms. The van der Waals surface area contributed by atoms with Crippen molar-refractivity contribution < 1.29 is 18.9 Å². The van der Waals surface area contributed by atoms with Crippen molar-refractivity contribution in [3.05, 3.63) is 12.1 Å². The van der Waals surface area contributed by atoms with Crippen LogP contribution in [-0.4, -0.2) is 47.1 Å². The molecule has 1 aromatic rings. The number of benzene rings is 1. The maximum atomic E-state index is 5.96. The SMILES string of the molecule is CNc1c(OC)cc([B]OC(C)(C)C(C)(C)OC)cc1OC. The highest BCUT2D eigenvalue weighted by Crippen LogP contribution is 2.33. The minimum absolute atomic E-state index is 0.428. The third-order valence-electron chi connectivity index (χ3n) is 4.23. The van der Waals surface area contributed by atoms with Gasteiger partial charge in [0, 0.05) is 14.2 Å². The number of nitrogens with one attached hydrogen (secondary N) is 1. The number of rotatable bonds is 8. The molecule has 0 bridgehead atoms. The molecule has 0 atom stereocenters. The van der Waals surface area contributed by atoms with Crippen molar-refractivity contribution in [2.45, 2.75) is 38.9 Å². The van der Waals surface area contributed by atoms with Crippen molar-refractivity contribution in [2.24, 2.45) is 0 Å². The zero-order chi connectivity index (χ0) is 17.0. The van der Waals surface area contributed by atoms with Crippen LogP contribution in [0.2, 0.25) is 0 Å². The summed E-state index contributed by atoms with van der Waals surface area (Å²) >= 11 is 0. The van der Waals surface area contributed by atoms with Crippen molar-refractivity contribution in [2.75, 3.05) is 33.7 Å². The fourth-order valence-corrected chi connectivity index (χ4v) is 1.85. The summed E-state index contributed by atoms with van der Waals surface area (Å²) < 4.78 is 22.3. The summed E-state index contributed by atoms with van der Waals surface area (Å²) in [5, 5.41) is 3.07. The van der Waals surface area contributed by atoms with Crippen molar-refractivity contribution in [1.82, 2.24) is 0 Å². The molecule has 0 unspecified atom stereocenters. The van der Waals surface area contributed by atoms with Gasteiger partial charge in [0.05, 0.1) is 25.4 Å². The first kappa shape index (κ1) is 18.7. The standard InChI is InChI=1S/C16H27BNO4/c1-15(2,21-8)16(3,4)22-17-11-9-12(19-6)14(18-5)13(10-11)20-7/h9-10,18H,1-8H3. The Balaban J connectivity index is 3.00. The van der Waals surface area contributed by atoms with Crippen LogP contribution in [0.25, 0.3) is 0 Å². The molecule has 6 heteroatoms. The smallest absolute Gasteiger partial charge is 0.331 e. The van der Waals surface area contributed by atoms with Gasteiger partial charge in [-0.05, 0) is 45.3 Å². The van der Waals surface area contributed by atoms with Gasteiger partial charge in [0.15, 0.2) is 0 Å². The van der Waals surface area contributed by atoms with E-state index in [2.05, 4.69) is 5.32 Å². The van der Waals surface area contributed by atoms with Crippen molar-refractivity contribution in [3.8, 4) is 11.5 Å². The summed E-state index contributed by atoms with van der Waals surface area (Å²) in [6.07, 6.45) is 0. The molecule has 0 aliphatic rings. The first-order chi connectivity index (χ1) is 10.2. The maximum Gasteiger partial charge on any atom is 0.331 e. The van der Waals surface area contributed by atoms with E-state index in [4.69, 9.17) is 18.9 Å². The molecule has 1 aromatic carbocycles. The van der Waals surface area contributed by atoms with Crippen LogP contribution < -0.4 is 20.3 Å². The lowest BCUT2D eigenvalue weighted by atomic mass is 9.82. The Morgan fingerprint density at radius 1 is 0.909 bits per heavy atom. The van der Waals surface area contributed by atoms with Crippen LogP contribution in [0.3, 0.4) is 0 Å². The molecule has 1 radical (unpaired) electrons.